The number of pyridine rings is 1. The average Bonchev–Trinajstić information content (AvgIpc) is 2.65. The second kappa shape index (κ2) is 4.51. The Bertz CT molecular complexity index is 453. The van der Waals surface area contributed by atoms with E-state index in [9.17, 15) is 0 Å². The first-order valence-electron chi connectivity index (χ1n) is 4.66. The first kappa shape index (κ1) is 10.3. The summed E-state index contributed by atoms with van der Waals surface area (Å²) < 4.78 is 5.22. The predicted molar refractivity (Wildman–Crippen MR) is 59.7 cm³/mol. The molecule has 0 saturated carbocycles. The minimum atomic E-state index is 0.542. The Balaban J connectivity index is 2.21. The predicted octanol–water partition coefficient (Wildman–Crippen LogP) is 2.59. The Morgan fingerprint density at radius 3 is 3.00 bits per heavy atom. The first-order chi connectivity index (χ1) is 7.29. The van der Waals surface area contributed by atoms with Crippen LogP contribution in [-0.4, -0.2) is 4.98 Å². The van der Waals surface area contributed by atoms with Gasteiger partial charge in [0.15, 0.2) is 0 Å². The van der Waals surface area contributed by atoms with Crippen LogP contribution in [0, 0.1) is 6.92 Å². The molecule has 0 atom stereocenters. The first-order valence-corrected chi connectivity index (χ1v) is 5.48. The lowest BCUT2D eigenvalue weighted by Crippen LogP contribution is -1.96. The smallest absolute Gasteiger partial charge is 0.114 e. The fourth-order valence-corrected chi connectivity index (χ4v) is 2.09. The van der Waals surface area contributed by atoms with Gasteiger partial charge in [-0.15, -0.1) is 0 Å². The highest BCUT2D eigenvalue weighted by Gasteiger charge is 2.04. The lowest BCUT2D eigenvalue weighted by Gasteiger charge is -2.01. The van der Waals surface area contributed by atoms with E-state index in [2.05, 4.69) is 4.98 Å². The Hall–Kier alpha value is -1.26. The van der Waals surface area contributed by atoms with Crippen LogP contribution in [-0.2, 0) is 6.54 Å². The Labute approximate surface area is 92.7 Å². The number of nitrogens with two attached hydrogens (primary N) is 1. The molecule has 2 aromatic heterocycles. The number of hydrogen-bond donors (Lipinski definition) is 1. The van der Waals surface area contributed by atoms with E-state index in [1.54, 1.807) is 24.2 Å². The topological polar surface area (TPSA) is 52.0 Å². The summed E-state index contributed by atoms with van der Waals surface area (Å²) >= 11 is 1.59. The maximum absolute atomic E-state index is 5.57. The van der Waals surface area contributed by atoms with Crippen molar-refractivity contribution in [3.8, 4) is 0 Å². The number of aromatic nitrogens is 1. The zero-order chi connectivity index (χ0) is 10.7. The number of nitrogens with zero attached hydrogens (tertiary/aromatic N) is 1. The van der Waals surface area contributed by atoms with Gasteiger partial charge in [-0.1, -0.05) is 11.8 Å². The number of rotatable bonds is 3. The standard InChI is InChI=1S/C11H12N2OS/c1-8-10(3-5-14-8)15-11-6-9(7-12)2-4-13-11/h2-6H,7,12H2,1H3. The van der Waals surface area contributed by atoms with Crippen LogP contribution in [0.5, 0.6) is 0 Å². The number of furan rings is 1. The second-order valence-electron chi connectivity index (χ2n) is 3.15. The summed E-state index contributed by atoms with van der Waals surface area (Å²) in [5, 5.41) is 0.947. The van der Waals surface area contributed by atoms with Crippen molar-refractivity contribution in [2.75, 3.05) is 0 Å². The molecule has 0 spiro atoms. The Morgan fingerprint density at radius 1 is 1.47 bits per heavy atom. The van der Waals surface area contributed by atoms with Gasteiger partial charge in [0.1, 0.15) is 10.8 Å². The van der Waals surface area contributed by atoms with Gasteiger partial charge < -0.3 is 10.2 Å². The second-order valence-corrected chi connectivity index (χ2v) is 4.21. The molecule has 0 aliphatic rings. The van der Waals surface area contributed by atoms with Gasteiger partial charge in [-0.05, 0) is 30.7 Å². The summed E-state index contributed by atoms with van der Waals surface area (Å²) in [6.45, 7) is 2.48. The van der Waals surface area contributed by atoms with Crippen molar-refractivity contribution in [3.63, 3.8) is 0 Å². The van der Waals surface area contributed by atoms with Crippen LogP contribution in [0.1, 0.15) is 11.3 Å². The normalized spacial score (nSPS) is 10.5. The van der Waals surface area contributed by atoms with E-state index < -0.39 is 0 Å². The fraction of sp³-hybridized carbons (Fsp3) is 0.182. The molecule has 4 heteroatoms. The molecule has 78 valence electrons. The van der Waals surface area contributed by atoms with E-state index in [4.69, 9.17) is 10.2 Å². The van der Waals surface area contributed by atoms with Gasteiger partial charge in [-0.25, -0.2) is 4.98 Å². The monoisotopic (exact) mass is 220 g/mol. The average molecular weight is 220 g/mol. The minimum absolute atomic E-state index is 0.542. The van der Waals surface area contributed by atoms with Crippen molar-refractivity contribution in [3.05, 3.63) is 42.0 Å². The fourth-order valence-electron chi connectivity index (χ4n) is 1.23. The van der Waals surface area contributed by atoms with Gasteiger partial charge in [-0.3, -0.25) is 0 Å². The largest absolute Gasteiger partial charge is 0.468 e. The van der Waals surface area contributed by atoms with E-state index in [0.717, 1.165) is 21.2 Å². The molecule has 0 amide bonds. The molecule has 3 nitrogen and oxygen atoms in total. The molecule has 0 aliphatic heterocycles. The minimum Gasteiger partial charge on any atom is -0.468 e. The molecule has 0 bridgehead atoms. The third-order valence-corrected chi connectivity index (χ3v) is 3.14. The molecule has 2 rings (SSSR count). The third-order valence-electron chi connectivity index (χ3n) is 2.06. The van der Waals surface area contributed by atoms with Crippen LogP contribution < -0.4 is 5.73 Å². The molecular weight excluding hydrogens is 208 g/mol. The quantitative estimate of drug-likeness (QED) is 0.863. The Morgan fingerprint density at radius 2 is 2.33 bits per heavy atom. The summed E-state index contributed by atoms with van der Waals surface area (Å²) in [7, 11) is 0. The van der Waals surface area contributed by atoms with Crippen molar-refractivity contribution in [2.24, 2.45) is 5.73 Å². The molecule has 0 unspecified atom stereocenters. The van der Waals surface area contributed by atoms with E-state index in [-0.39, 0.29) is 0 Å². The molecule has 2 N–H and O–H groups in total. The maximum Gasteiger partial charge on any atom is 0.114 e. The van der Waals surface area contributed by atoms with Gasteiger partial charge in [0.25, 0.3) is 0 Å². The van der Waals surface area contributed by atoms with Gasteiger partial charge in [-0.2, -0.15) is 0 Å². The molecule has 0 aromatic carbocycles. The van der Waals surface area contributed by atoms with Crippen molar-refractivity contribution in [2.45, 2.75) is 23.4 Å². The molecule has 0 saturated heterocycles. The van der Waals surface area contributed by atoms with Crippen LogP contribution in [0.25, 0.3) is 0 Å². The van der Waals surface area contributed by atoms with Crippen molar-refractivity contribution in [1.29, 1.82) is 0 Å². The lowest BCUT2D eigenvalue weighted by molar-refractivity contribution is 0.527. The summed E-state index contributed by atoms with van der Waals surface area (Å²) in [5.41, 5.74) is 6.66. The highest BCUT2D eigenvalue weighted by Crippen LogP contribution is 2.29. The summed E-state index contributed by atoms with van der Waals surface area (Å²) in [5.74, 6) is 0.917. The SMILES string of the molecule is Cc1occc1Sc1cc(CN)ccn1. The molecule has 2 heterocycles. The van der Waals surface area contributed by atoms with Gasteiger partial charge in [0.05, 0.1) is 11.2 Å². The molecule has 0 radical (unpaired) electrons. The van der Waals surface area contributed by atoms with Crippen LogP contribution in [0.2, 0.25) is 0 Å². The van der Waals surface area contributed by atoms with Crippen molar-refractivity contribution < 1.29 is 4.42 Å². The maximum atomic E-state index is 5.57. The summed E-state index contributed by atoms with van der Waals surface area (Å²) in [4.78, 5) is 5.36. The number of hydrogen-bond acceptors (Lipinski definition) is 4. The van der Waals surface area contributed by atoms with E-state index >= 15 is 0 Å². The van der Waals surface area contributed by atoms with Gasteiger partial charge >= 0.3 is 0 Å². The zero-order valence-corrected chi connectivity index (χ0v) is 9.25. The third kappa shape index (κ3) is 2.40. The molecule has 0 aliphatic carbocycles. The van der Waals surface area contributed by atoms with Crippen molar-refractivity contribution in [1.82, 2.24) is 4.98 Å². The van der Waals surface area contributed by atoms with E-state index in [1.807, 2.05) is 25.1 Å². The highest BCUT2D eigenvalue weighted by molar-refractivity contribution is 7.99. The van der Waals surface area contributed by atoms with E-state index in [1.165, 1.54) is 0 Å². The Kier molecular flexibility index (Phi) is 3.08. The van der Waals surface area contributed by atoms with Crippen LogP contribution in [0.3, 0.4) is 0 Å². The molecule has 2 aromatic rings. The molecular formula is C11H12N2OS. The lowest BCUT2D eigenvalue weighted by atomic mass is 10.3. The molecule has 15 heavy (non-hydrogen) atoms. The van der Waals surface area contributed by atoms with Gasteiger partial charge in [0, 0.05) is 12.7 Å². The van der Waals surface area contributed by atoms with Crippen LogP contribution in [0.4, 0.5) is 0 Å². The summed E-state index contributed by atoms with van der Waals surface area (Å²) in [6.07, 6.45) is 3.46. The van der Waals surface area contributed by atoms with Gasteiger partial charge in [0.2, 0.25) is 0 Å². The zero-order valence-electron chi connectivity index (χ0n) is 8.43. The van der Waals surface area contributed by atoms with Crippen LogP contribution in [0.15, 0.2) is 45.0 Å². The highest BCUT2D eigenvalue weighted by atomic mass is 32.2. The van der Waals surface area contributed by atoms with Crippen LogP contribution >= 0.6 is 11.8 Å². The molecule has 0 fully saturated rings. The van der Waals surface area contributed by atoms with Crippen molar-refractivity contribution >= 4 is 11.8 Å². The summed E-state index contributed by atoms with van der Waals surface area (Å²) in [6, 6.07) is 5.86. The van der Waals surface area contributed by atoms with E-state index in [0.29, 0.717) is 6.54 Å². The number of aryl methyl sites for hydroxylation is 1.